The summed E-state index contributed by atoms with van der Waals surface area (Å²) in [6.45, 7) is 4.29. The predicted molar refractivity (Wildman–Crippen MR) is 112 cm³/mol. The fourth-order valence-corrected chi connectivity index (χ4v) is 4.53. The van der Waals surface area contributed by atoms with Crippen molar-refractivity contribution in [1.29, 1.82) is 0 Å². The molecule has 1 saturated carbocycles. The minimum atomic E-state index is -0.258. The van der Waals surface area contributed by atoms with Crippen LogP contribution in [0.25, 0.3) is 11.1 Å². The second kappa shape index (κ2) is 9.06. The lowest BCUT2D eigenvalue weighted by molar-refractivity contribution is 0.0181. The van der Waals surface area contributed by atoms with Gasteiger partial charge in [0.2, 0.25) is 0 Å². The molecule has 0 aromatic heterocycles. The average molecular weight is 397 g/mol. The summed E-state index contributed by atoms with van der Waals surface area (Å²) in [5, 5.41) is 3.38. The van der Waals surface area contributed by atoms with Gasteiger partial charge in [-0.05, 0) is 48.2 Å². The zero-order valence-corrected chi connectivity index (χ0v) is 16.8. The lowest BCUT2D eigenvalue weighted by Gasteiger charge is -2.42. The number of carbonyl (C=O) groups is 1. The number of rotatable bonds is 5. The zero-order chi connectivity index (χ0) is 20.1. The summed E-state index contributed by atoms with van der Waals surface area (Å²) in [7, 11) is 0. The van der Waals surface area contributed by atoms with E-state index in [2.05, 4.69) is 10.2 Å². The van der Waals surface area contributed by atoms with Crippen LogP contribution in [0.3, 0.4) is 0 Å². The summed E-state index contributed by atoms with van der Waals surface area (Å²) >= 11 is 0. The highest BCUT2D eigenvalue weighted by Gasteiger charge is 2.36. The van der Waals surface area contributed by atoms with Crippen molar-refractivity contribution >= 4 is 5.91 Å². The molecule has 4 rings (SSSR count). The van der Waals surface area contributed by atoms with Crippen molar-refractivity contribution < 1.29 is 13.9 Å². The SMILES string of the molecule is O=C(NC1(CN2CCOCC2)CCCCC1)c1ccc(-c2cccc(F)c2)cc1. The van der Waals surface area contributed by atoms with Crippen LogP contribution in [0.4, 0.5) is 4.39 Å². The second-order valence-electron chi connectivity index (χ2n) is 8.27. The molecule has 0 atom stereocenters. The maximum absolute atomic E-state index is 13.5. The Morgan fingerprint density at radius 2 is 1.72 bits per heavy atom. The molecule has 154 valence electrons. The van der Waals surface area contributed by atoms with Gasteiger partial charge in [0.1, 0.15) is 5.82 Å². The molecular formula is C24H29FN2O2. The van der Waals surface area contributed by atoms with E-state index in [1.54, 1.807) is 6.07 Å². The van der Waals surface area contributed by atoms with Gasteiger partial charge in [-0.2, -0.15) is 0 Å². The standard InChI is InChI=1S/C24H29FN2O2/c25-22-6-4-5-21(17-22)19-7-9-20(10-8-19)23(28)26-24(11-2-1-3-12-24)18-27-13-15-29-16-14-27/h4-10,17H,1-3,11-16,18H2,(H,26,28). The van der Waals surface area contributed by atoms with E-state index in [1.807, 2.05) is 30.3 Å². The third kappa shape index (κ3) is 5.03. The van der Waals surface area contributed by atoms with E-state index in [0.29, 0.717) is 5.56 Å². The van der Waals surface area contributed by atoms with Gasteiger partial charge in [-0.15, -0.1) is 0 Å². The molecule has 0 unspecified atom stereocenters. The molecule has 0 radical (unpaired) electrons. The molecule has 0 spiro atoms. The summed E-state index contributed by atoms with van der Waals surface area (Å²) in [4.78, 5) is 15.5. The molecule has 2 aliphatic rings. The highest BCUT2D eigenvalue weighted by Crippen LogP contribution is 2.30. The number of hydrogen-bond acceptors (Lipinski definition) is 3. The number of nitrogens with zero attached hydrogens (tertiary/aromatic N) is 1. The van der Waals surface area contributed by atoms with E-state index >= 15 is 0 Å². The minimum absolute atomic E-state index is 0.0223. The van der Waals surface area contributed by atoms with Crippen LogP contribution in [-0.4, -0.2) is 49.2 Å². The molecule has 2 fully saturated rings. The topological polar surface area (TPSA) is 41.6 Å². The van der Waals surface area contributed by atoms with Gasteiger partial charge >= 0.3 is 0 Å². The summed E-state index contributed by atoms with van der Waals surface area (Å²) in [6.07, 6.45) is 5.60. The molecule has 0 bridgehead atoms. The molecular weight excluding hydrogens is 367 g/mol. The predicted octanol–water partition coefficient (Wildman–Crippen LogP) is 4.26. The van der Waals surface area contributed by atoms with Gasteiger partial charge < -0.3 is 10.1 Å². The van der Waals surface area contributed by atoms with Gasteiger partial charge in [-0.1, -0.05) is 43.5 Å². The normalized spacial score (nSPS) is 19.6. The third-order valence-electron chi connectivity index (χ3n) is 6.12. The van der Waals surface area contributed by atoms with Crippen molar-refractivity contribution in [3.63, 3.8) is 0 Å². The van der Waals surface area contributed by atoms with Crippen molar-refractivity contribution in [3.8, 4) is 11.1 Å². The van der Waals surface area contributed by atoms with Gasteiger partial charge in [0.05, 0.1) is 18.8 Å². The average Bonchev–Trinajstić information content (AvgIpc) is 2.75. The lowest BCUT2D eigenvalue weighted by Crippen LogP contribution is -2.58. The van der Waals surface area contributed by atoms with Crippen LogP contribution in [0.1, 0.15) is 42.5 Å². The largest absolute Gasteiger partial charge is 0.379 e. The number of carbonyl (C=O) groups excluding carboxylic acids is 1. The Morgan fingerprint density at radius 1 is 1.00 bits per heavy atom. The molecule has 1 N–H and O–H groups in total. The van der Waals surface area contributed by atoms with Crippen LogP contribution in [-0.2, 0) is 4.74 Å². The van der Waals surface area contributed by atoms with Crippen LogP contribution in [0.2, 0.25) is 0 Å². The third-order valence-corrected chi connectivity index (χ3v) is 6.12. The highest BCUT2D eigenvalue weighted by molar-refractivity contribution is 5.95. The molecule has 2 aromatic rings. The Hall–Kier alpha value is -2.24. The maximum atomic E-state index is 13.5. The van der Waals surface area contributed by atoms with Crippen molar-refractivity contribution in [3.05, 3.63) is 59.9 Å². The summed E-state index contributed by atoms with van der Waals surface area (Å²) in [5.74, 6) is -0.280. The summed E-state index contributed by atoms with van der Waals surface area (Å²) in [5.41, 5.74) is 2.21. The Kier molecular flexibility index (Phi) is 6.26. The quantitative estimate of drug-likeness (QED) is 0.821. The van der Waals surface area contributed by atoms with Gasteiger partial charge in [0, 0.05) is 25.2 Å². The number of ether oxygens (including phenoxy) is 1. The van der Waals surface area contributed by atoms with E-state index < -0.39 is 0 Å². The first-order chi connectivity index (χ1) is 14.1. The number of amides is 1. The second-order valence-corrected chi connectivity index (χ2v) is 8.27. The van der Waals surface area contributed by atoms with Crippen LogP contribution in [0, 0.1) is 5.82 Å². The summed E-state index contributed by atoms with van der Waals surface area (Å²) in [6, 6.07) is 14.0. The first kappa shape index (κ1) is 20.0. The number of hydrogen-bond donors (Lipinski definition) is 1. The highest BCUT2D eigenvalue weighted by atomic mass is 19.1. The fraction of sp³-hybridized carbons (Fsp3) is 0.458. The van der Waals surface area contributed by atoms with E-state index in [1.165, 1.54) is 18.6 Å². The molecule has 2 aromatic carbocycles. The molecule has 1 aliphatic heterocycles. The smallest absolute Gasteiger partial charge is 0.251 e. The molecule has 29 heavy (non-hydrogen) atoms. The molecule has 1 amide bonds. The van der Waals surface area contributed by atoms with E-state index in [-0.39, 0.29) is 17.3 Å². The van der Waals surface area contributed by atoms with Gasteiger partial charge in [-0.25, -0.2) is 4.39 Å². The molecule has 1 aliphatic carbocycles. The number of morpholine rings is 1. The molecule has 1 saturated heterocycles. The number of halogens is 1. The molecule has 1 heterocycles. The van der Waals surface area contributed by atoms with Crippen molar-refractivity contribution in [2.24, 2.45) is 0 Å². The van der Waals surface area contributed by atoms with Crippen LogP contribution in [0.5, 0.6) is 0 Å². The fourth-order valence-electron chi connectivity index (χ4n) is 4.53. The van der Waals surface area contributed by atoms with Crippen LogP contribution in [0.15, 0.2) is 48.5 Å². The maximum Gasteiger partial charge on any atom is 0.251 e. The van der Waals surface area contributed by atoms with Crippen molar-refractivity contribution in [2.45, 2.75) is 37.6 Å². The van der Waals surface area contributed by atoms with Gasteiger partial charge in [0.25, 0.3) is 5.91 Å². The van der Waals surface area contributed by atoms with Gasteiger partial charge in [0.15, 0.2) is 0 Å². The van der Waals surface area contributed by atoms with E-state index in [4.69, 9.17) is 4.74 Å². The first-order valence-electron chi connectivity index (χ1n) is 10.6. The van der Waals surface area contributed by atoms with E-state index in [9.17, 15) is 9.18 Å². The van der Waals surface area contributed by atoms with Crippen molar-refractivity contribution in [2.75, 3.05) is 32.8 Å². The van der Waals surface area contributed by atoms with Crippen LogP contribution >= 0.6 is 0 Å². The van der Waals surface area contributed by atoms with E-state index in [0.717, 1.165) is 69.7 Å². The molecule has 4 nitrogen and oxygen atoms in total. The lowest BCUT2D eigenvalue weighted by atomic mass is 9.80. The Bertz CT molecular complexity index is 825. The van der Waals surface area contributed by atoms with Crippen molar-refractivity contribution in [1.82, 2.24) is 10.2 Å². The summed E-state index contributed by atoms with van der Waals surface area (Å²) < 4.78 is 19.0. The number of benzene rings is 2. The monoisotopic (exact) mass is 396 g/mol. The zero-order valence-electron chi connectivity index (χ0n) is 16.8. The van der Waals surface area contributed by atoms with Crippen LogP contribution < -0.4 is 5.32 Å². The first-order valence-corrected chi connectivity index (χ1v) is 10.6. The molecule has 5 heteroatoms. The Morgan fingerprint density at radius 3 is 2.41 bits per heavy atom. The number of nitrogens with one attached hydrogen (secondary N) is 1. The van der Waals surface area contributed by atoms with Gasteiger partial charge in [-0.3, -0.25) is 9.69 Å². The Balaban J connectivity index is 1.47. The minimum Gasteiger partial charge on any atom is -0.379 e. The Labute approximate surface area is 172 Å².